The summed E-state index contributed by atoms with van der Waals surface area (Å²) in [5, 5.41) is 20.7. The van der Waals surface area contributed by atoms with Crippen molar-refractivity contribution in [2.45, 2.75) is 12.3 Å². The minimum Gasteiger partial charge on any atom is -0.294 e. The molecule has 110 valence electrons. The topological polar surface area (TPSA) is 84.0 Å². The summed E-state index contributed by atoms with van der Waals surface area (Å²) in [5.41, 5.74) is 0.411. The van der Waals surface area contributed by atoms with Crippen LogP contribution in [-0.2, 0) is 0 Å². The van der Waals surface area contributed by atoms with Crippen LogP contribution in [0.3, 0.4) is 0 Å². The van der Waals surface area contributed by atoms with Crippen LogP contribution in [0.5, 0.6) is 0 Å². The first kappa shape index (κ1) is 15.7. The van der Waals surface area contributed by atoms with Gasteiger partial charge in [-0.05, 0) is 12.1 Å². The summed E-state index contributed by atoms with van der Waals surface area (Å²) in [5.74, 6) is -1.17. The molecule has 1 unspecified atom stereocenters. The van der Waals surface area contributed by atoms with E-state index in [1.165, 1.54) is 18.2 Å². The Kier molecular flexibility index (Phi) is 4.87. The number of hydrogen-bond donors (Lipinski definition) is 0. The average molecular weight is 315 g/mol. The molecule has 0 bridgehead atoms. The highest BCUT2D eigenvalue weighted by molar-refractivity contribution is 6.30. The first-order chi connectivity index (χ1) is 10.5. The number of carbonyl (C=O) groups excluding carboxylic acids is 1. The fourth-order valence-electron chi connectivity index (χ4n) is 2.12. The molecule has 0 fully saturated rings. The lowest BCUT2D eigenvalue weighted by Gasteiger charge is -2.10. The third-order valence-corrected chi connectivity index (χ3v) is 3.44. The molecule has 0 aliphatic heterocycles. The van der Waals surface area contributed by atoms with Crippen molar-refractivity contribution >= 4 is 23.1 Å². The molecule has 2 aromatic rings. The molecule has 2 rings (SSSR count). The number of nitro benzene ring substituents is 1. The van der Waals surface area contributed by atoms with Crippen LogP contribution < -0.4 is 0 Å². The number of Topliss-reactive ketones (excluding diaryl/α,β-unsaturated/α-hetero) is 1. The molecule has 6 heteroatoms. The summed E-state index contributed by atoms with van der Waals surface area (Å²) in [7, 11) is 0. The third-order valence-electron chi connectivity index (χ3n) is 3.20. The second kappa shape index (κ2) is 6.83. The van der Waals surface area contributed by atoms with Gasteiger partial charge in [0, 0.05) is 28.6 Å². The van der Waals surface area contributed by atoms with Gasteiger partial charge in [0.15, 0.2) is 5.78 Å². The molecule has 1 atom stereocenters. The van der Waals surface area contributed by atoms with Gasteiger partial charge in [0.25, 0.3) is 5.69 Å². The molecule has 2 aromatic carbocycles. The van der Waals surface area contributed by atoms with Crippen LogP contribution in [0.4, 0.5) is 5.69 Å². The van der Waals surface area contributed by atoms with Gasteiger partial charge >= 0.3 is 0 Å². The van der Waals surface area contributed by atoms with E-state index in [2.05, 4.69) is 0 Å². The van der Waals surface area contributed by atoms with Crippen LogP contribution in [0.15, 0.2) is 48.5 Å². The Labute approximate surface area is 131 Å². The minimum absolute atomic E-state index is 0.137. The molecular weight excluding hydrogens is 304 g/mol. The molecule has 22 heavy (non-hydrogen) atoms. The van der Waals surface area contributed by atoms with Gasteiger partial charge in [0.05, 0.1) is 16.9 Å². The molecule has 0 spiro atoms. The molecule has 0 aliphatic rings. The van der Waals surface area contributed by atoms with Crippen molar-refractivity contribution in [1.82, 2.24) is 0 Å². The van der Waals surface area contributed by atoms with Crippen molar-refractivity contribution in [3.63, 3.8) is 0 Å². The Balaban J connectivity index is 2.34. The maximum atomic E-state index is 12.2. The van der Waals surface area contributed by atoms with Crippen molar-refractivity contribution in [2.75, 3.05) is 0 Å². The standard InChI is InChI=1S/C16H11ClN2O3/c17-13-6-7-15(19(21)22)14(9-13)12(10-18)8-16(20)11-4-2-1-3-5-11/h1-7,9,12H,8H2. The van der Waals surface area contributed by atoms with E-state index in [0.29, 0.717) is 5.56 Å². The van der Waals surface area contributed by atoms with E-state index in [4.69, 9.17) is 11.6 Å². The Morgan fingerprint density at radius 1 is 1.27 bits per heavy atom. The highest BCUT2D eigenvalue weighted by Gasteiger charge is 2.25. The Hall–Kier alpha value is -2.71. The highest BCUT2D eigenvalue weighted by atomic mass is 35.5. The van der Waals surface area contributed by atoms with Crippen LogP contribution in [0.25, 0.3) is 0 Å². The first-order valence-corrected chi connectivity index (χ1v) is 6.82. The average Bonchev–Trinajstić information content (AvgIpc) is 2.52. The number of nitrogens with zero attached hydrogens (tertiary/aromatic N) is 2. The lowest BCUT2D eigenvalue weighted by molar-refractivity contribution is -0.385. The zero-order valence-corrected chi connectivity index (χ0v) is 12.2. The minimum atomic E-state index is -0.924. The number of nitriles is 1. The largest absolute Gasteiger partial charge is 0.294 e. The highest BCUT2D eigenvalue weighted by Crippen LogP contribution is 2.32. The number of nitro groups is 1. The predicted octanol–water partition coefficient (Wildman–Crippen LogP) is 4.13. The van der Waals surface area contributed by atoms with Gasteiger partial charge in [-0.25, -0.2) is 0 Å². The Morgan fingerprint density at radius 3 is 2.55 bits per heavy atom. The van der Waals surface area contributed by atoms with Gasteiger partial charge in [-0.2, -0.15) is 5.26 Å². The molecule has 0 saturated heterocycles. The molecule has 0 amide bonds. The summed E-state index contributed by atoms with van der Waals surface area (Å²) in [6, 6.07) is 14.5. The van der Waals surface area contributed by atoms with Crippen molar-refractivity contribution in [3.05, 3.63) is 74.8 Å². The molecule has 0 N–H and O–H groups in total. The van der Waals surface area contributed by atoms with Crippen LogP contribution >= 0.6 is 11.6 Å². The first-order valence-electron chi connectivity index (χ1n) is 6.44. The zero-order chi connectivity index (χ0) is 16.1. The van der Waals surface area contributed by atoms with E-state index >= 15 is 0 Å². The normalized spacial score (nSPS) is 11.5. The Bertz CT molecular complexity index is 754. The smallest absolute Gasteiger partial charge is 0.274 e. The summed E-state index contributed by atoms with van der Waals surface area (Å²) >= 11 is 5.86. The quantitative estimate of drug-likeness (QED) is 0.472. The van der Waals surface area contributed by atoms with Crippen LogP contribution in [0.2, 0.25) is 5.02 Å². The lowest BCUT2D eigenvalue weighted by atomic mass is 9.91. The number of halogens is 1. The van der Waals surface area contributed by atoms with Gasteiger partial charge in [0.1, 0.15) is 0 Å². The summed E-state index contributed by atoms with van der Waals surface area (Å²) in [6.07, 6.45) is -0.137. The second-order valence-electron chi connectivity index (χ2n) is 4.64. The van der Waals surface area contributed by atoms with Crippen molar-refractivity contribution in [1.29, 1.82) is 5.26 Å². The SMILES string of the molecule is N#CC(CC(=O)c1ccccc1)c1cc(Cl)ccc1[N+](=O)[O-]. The number of ketones is 1. The van der Waals surface area contributed by atoms with Crippen LogP contribution in [-0.4, -0.2) is 10.7 Å². The molecule has 0 aliphatic carbocycles. The maximum Gasteiger partial charge on any atom is 0.274 e. The zero-order valence-electron chi connectivity index (χ0n) is 11.4. The molecule has 0 radical (unpaired) electrons. The summed E-state index contributed by atoms with van der Waals surface area (Å²) in [6.45, 7) is 0. The molecule has 0 saturated carbocycles. The van der Waals surface area contributed by atoms with Crippen molar-refractivity contribution in [2.24, 2.45) is 0 Å². The van der Waals surface area contributed by atoms with Gasteiger partial charge in [-0.15, -0.1) is 0 Å². The van der Waals surface area contributed by atoms with Gasteiger partial charge in [-0.3, -0.25) is 14.9 Å². The molecule has 5 nitrogen and oxygen atoms in total. The van der Waals surface area contributed by atoms with Gasteiger partial charge in [-0.1, -0.05) is 41.9 Å². The van der Waals surface area contributed by atoms with Crippen LogP contribution in [0.1, 0.15) is 28.3 Å². The molecular formula is C16H11ClN2O3. The number of hydrogen-bond acceptors (Lipinski definition) is 4. The van der Waals surface area contributed by atoms with E-state index < -0.39 is 10.8 Å². The van der Waals surface area contributed by atoms with E-state index in [1.54, 1.807) is 30.3 Å². The Morgan fingerprint density at radius 2 is 1.95 bits per heavy atom. The summed E-state index contributed by atoms with van der Waals surface area (Å²) in [4.78, 5) is 22.7. The fourth-order valence-corrected chi connectivity index (χ4v) is 2.30. The van der Waals surface area contributed by atoms with Crippen LogP contribution in [0, 0.1) is 21.4 Å². The number of carbonyl (C=O) groups is 1. The van der Waals surface area contributed by atoms with E-state index in [0.717, 1.165) is 0 Å². The summed E-state index contributed by atoms with van der Waals surface area (Å²) < 4.78 is 0. The second-order valence-corrected chi connectivity index (χ2v) is 5.07. The molecule has 0 aromatic heterocycles. The van der Waals surface area contributed by atoms with Gasteiger partial charge < -0.3 is 0 Å². The molecule has 0 heterocycles. The third kappa shape index (κ3) is 3.48. The fraction of sp³-hybridized carbons (Fsp3) is 0.125. The number of benzene rings is 2. The predicted molar refractivity (Wildman–Crippen MR) is 81.8 cm³/mol. The van der Waals surface area contributed by atoms with E-state index in [1.807, 2.05) is 6.07 Å². The van der Waals surface area contributed by atoms with E-state index in [-0.39, 0.29) is 28.5 Å². The van der Waals surface area contributed by atoms with Crippen molar-refractivity contribution < 1.29 is 9.72 Å². The number of rotatable bonds is 5. The monoisotopic (exact) mass is 314 g/mol. The van der Waals surface area contributed by atoms with Crippen molar-refractivity contribution in [3.8, 4) is 6.07 Å². The maximum absolute atomic E-state index is 12.2. The van der Waals surface area contributed by atoms with Gasteiger partial charge in [0.2, 0.25) is 0 Å². The van der Waals surface area contributed by atoms with E-state index in [9.17, 15) is 20.2 Å². The lowest BCUT2D eigenvalue weighted by Crippen LogP contribution is -2.08.